The zero-order valence-corrected chi connectivity index (χ0v) is 77.5. The number of carboxylic acid groups (broad SMARTS) is 4. The maximum absolute atomic E-state index is 12.2. The van der Waals surface area contributed by atoms with Gasteiger partial charge in [0, 0.05) is 28.2 Å². The molecular weight excluding hydrogens is 1720 g/mol. The van der Waals surface area contributed by atoms with Gasteiger partial charge in [-0.05, 0) is 222 Å². The Morgan fingerprint density at radius 2 is 0.714 bits per heavy atom. The number of rotatable bonds is 33. The van der Waals surface area contributed by atoms with E-state index in [0.717, 1.165) is 107 Å². The van der Waals surface area contributed by atoms with Crippen molar-refractivity contribution in [3.63, 3.8) is 0 Å². The highest BCUT2D eigenvalue weighted by atomic mass is 16.6. The van der Waals surface area contributed by atoms with Gasteiger partial charge in [-0.25, -0.2) is 57.8 Å². The van der Waals surface area contributed by atoms with Crippen LogP contribution >= 0.6 is 0 Å². The third-order valence-electron chi connectivity index (χ3n) is 23.9. The van der Waals surface area contributed by atoms with Crippen LogP contribution in [0.1, 0.15) is 220 Å². The van der Waals surface area contributed by atoms with Gasteiger partial charge >= 0.3 is 48.3 Å². The molecule has 8 atom stereocenters. The van der Waals surface area contributed by atoms with Crippen LogP contribution in [0.5, 0.6) is 23.0 Å². The number of alkyl carbamates (subject to hydrolysis) is 4. The molecule has 40 heteroatoms. The second kappa shape index (κ2) is 49.1. The van der Waals surface area contributed by atoms with Crippen LogP contribution in [-0.2, 0) is 106 Å². The highest BCUT2D eigenvalue weighted by Gasteiger charge is 2.35. The highest BCUT2D eigenvalue weighted by Crippen LogP contribution is 2.37. The molecule has 8 N–H and O–H groups in total. The molecule has 5 fully saturated rings. The Kier molecular flexibility index (Phi) is 37.0. The van der Waals surface area contributed by atoms with Crippen LogP contribution in [-0.4, -0.2) is 192 Å². The standard InChI is InChI=1S/C26H31N5O5.C23H31N5O5.2C22H31N5O5/c1-3-20-23(36-19-11-7-10-18(14-19)25(32)33)13-12-21(28-20)24-22(31(2)30-29-24)15-27-26(34)35-16-17-8-5-4-6-9-17;1-14-20(32-17-9-5-6-15(12-17)22(29)30)11-10-18(25-14)21-19(28(2)27-26-21)13-24-23(31)33-16-7-3-4-8-16;1-13(2)12-31-22(30)23-11-18-20(25-26-27(18)4)17-8-9-19(14(3)24-17)32-16-7-5-6-15(10-16)21(28)29;1-4-5-11-31-22(30)23-13-18-20(25-26-27(18)3)17-9-10-19(14(2)24-17)32-16-8-6-7-15(12-16)21(28)29/h4-6,8-9,12-13,18-19H,3,7,10-11,14-16H2,1-2H3,(H,27,34)(H,32,33);10-11,15-17H,3-9,12-13H2,1-2H3,(H,24,31)(H,29,30);8-9,13,15-16H,5-7,10-12H2,1-4H3,(H,23,30)(H,28,29);9-10,15-16H,4-8,11-13H2,1-3H3,(H,23,30)(H,28,29)/t18-,19-;15?,17-;15?,16-;15-,16-/m0000/s1. The number of aliphatic carboxylic acids is 4. The van der Waals surface area contributed by atoms with Crippen molar-refractivity contribution in [2.45, 2.75) is 259 Å². The molecule has 14 rings (SSSR count). The summed E-state index contributed by atoms with van der Waals surface area (Å²) in [6.07, 6.45) is 15.4. The minimum Gasteiger partial charge on any atom is -0.489 e. The molecule has 0 radical (unpaired) electrons. The number of pyridine rings is 4. The lowest BCUT2D eigenvalue weighted by molar-refractivity contribution is -0.144. The van der Waals surface area contributed by atoms with Crippen molar-refractivity contribution in [1.82, 2.24) is 101 Å². The summed E-state index contributed by atoms with van der Waals surface area (Å²) in [5.74, 6) is -1.67. The van der Waals surface area contributed by atoms with Crippen LogP contribution in [0.3, 0.4) is 0 Å². The number of aromatic nitrogens is 16. The molecule has 0 spiro atoms. The first-order chi connectivity index (χ1) is 64.0. The van der Waals surface area contributed by atoms with Crippen LogP contribution < -0.4 is 40.2 Å². The topological polar surface area (TPSA) is 514 Å². The summed E-state index contributed by atoms with van der Waals surface area (Å²) in [5, 5.41) is 81.5. The second-order valence-electron chi connectivity index (χ2n) is 34.4. The van der Waals surface area contributed by atoms with E-state index in [4.69, 9.17) is 42.9 Å². The van der Waals surface area contributed by atoms with Gasteiger partial charge in [0.25, 0.3) is 0 Å². The lowest BCUT2D eigenvalue weighted by Gasteiger charge is -2.28. The number of unbranched alkanes of at least 4 members (excludes halogenated alkanes) is 1. The summed E-state index contributed by atoms with van der Waals surface area (Å²) in [6, 6.07) is 24.0. The number of nitrogens with zero attached hydrogens (tertiary/aromatic N) is 16. The Morgan fingerprint density at radius 1 is 0.391 bits per heavy atom. The molecule has 1 aromatic carbocycles. The number of aryl methyl sites for hydroxylation is 8. The highest BCUT2D eigenvalue weighted by molar-refractivity contribution is 5.73. The van der Waals surface area contributed by atoms with Gasteiger partial charge in [-0.15, -0.1) is 20.4 Å². The Morgan fingerprint density at radius 3 is 1.05 bits per heavy atom. The van der Waals surface area contributed by atoms with Crippen molar-refractivity contribution >= 4 is 48.3 Å². The van der Waals surface area contributed by atoms with Gasteiger partial charge in [0.1, 0.15) is 58.5 Å². The molecule has 8 heterocycles. The lowest BCUT2D eigenvalue weighted by Crippen LogP contribution is -2.29. The van der Waals surface area contributed by atoms with Gasteiger partial charge in [0.2, 0.25) is 0 Å². The maximum Gasteiger partial charge on any atom is 0.407 e. The molecule has 2 unspecified atom stereocenters. The summed E-state index contributed by atoms with van der Waals surface area (Å²) in [4.78, 5) is 112. The predicted octanol–water partition coefficient (Wildman–Crippen LogP) is 13.6. The SMILES string of the molecule is CCCCOC(=O)NCc1c(-c2ccc(O[C@H]3CCC[C@H](C(=O)O)C3)c(C)n2)nnn1C.CCc1nc(-c2nnn(C)c2CNC(=O)OCc2ccccc2)ccc1O[C@H]1CCC[C@H](C(=O)O)C1.Cc1nc(-c2nnn(C)c2CNC(=O)OC2CCCC2)ccc1O[C@H]1CCCC(C(=O)O)C1.Cc1nc(-c2nnn(C)c2CNC(=O)OCC(C)C)ccc1O[C@H]1CCCC(C(=O)O)C1. The second-order valence-corrected chi connectivity index (χ2v) is 34.4. The van der Waals surface area contributed by atoms with E-state index < -0.39 is 48.3 Å². The molecule has 0 saturated heterocycles. The summed E-state index contributed by atoms with van der Waals surface area (Å²) < 4.78 is 51.8. The summed E-state index contributed by atoms with van der Waals surface area (Å²) in [7, 11) is 7.02. The minimum absolute atomic E-state index is 0.000866. The van der Waals surface area contributed by atoms with E-state index in [0.29, 0.717) is 174 Å². The molecule has 5 aliphatic rings. The van der Waals surface area contributed by atoms with Crippen molar-refractivity contribution in [3.8, 4) is 68.5 Å². The van der Waals surface area contributed by atoms with Crippen LogP contribution in [0, 0.1) is 50.4 Å². The van der Waals surface area contributed by atoms with Crippen LogP contribution in [0.4, 0.5) is 19.2 Å². The molecular formula is C93H124N20O20. The molecule has 5 aliphatic carbocycles. The number of nitrogens with one attached hydrogen (secondary N) is 4. The maximum atomic E-state index is 12.2. The first-order valence-corrected chi connectivity index (χ1v) is 45.7. The van der Waals surface area contributed by atoms with Crippen molar-refractivity contribution in [1.29, 1.82) is 0 Å². The Labute approximate surface area is 771 Å². The molecule has 8 aromatic heterocycles. The number of hydrogen-bond acceptors (Lipinski definition) is 28. The largest absolute Gasteiger partial charge is 0.489 e. The van der Waals surface area contributed by atoms with Crippen LogP contribution in [0.2, 0.25) is 0 Å². The van der Waals surface area contributed by atoms with Crippen molar-refractivity contribution < 1.29 is 96.7 Å². The first-order valence-electron chi connectivity index (χ1n) is 45.7. The van der Waals surface area contributed by atoms with Gasteiger partial charge in [0.05, 0.1) is 156 Å². The quantitative estimate of drug-likeness (QED) is 0.0140. The van der Waals surface area contributed by atoms with Gasteiger partial charge in [-0.1, -0.05) is 85.3 Å². The van der Waals surface area contributed by atoms with E-state index >= 15 is 0 Å². The Balaban J connectivity index is 0.000000171. The Bertz CT molecular complexity index is 5400. The van der Waals surface area contributed by atoms with Crippen LogP contribution in [0.25, 0.3) is 45.6 Å². The van der Waals surface area contributed by atoms with Gasteiger partial charge < -0.3 is 79.6 Å². The van der Waals surface area contributed by atoms with Crippen molar-refractivity contribution in [2.75, 3.05) is 13.2 Å². The fourth-order valence-electron chi connectivity index (χ4n) is 16.4. The molecule has 133 heavy (non-hydrogen) atoms. The molecule has 716 valence electrons. The van der Waals surface area contributed by atoms with E-state index in [1.165, 1.54) is 0 Å². The van der Waals surface area contributed by atoms with Crippen molar-refractivity contribution in [2.24, 2.45) is 57.8 Å². The molecule has 0 aliphatic heterocycles. The molecule has 0 bridgehead atoms. The van der Waals surface area contributed by atoms with Gasteiger partial charge in [0.15, 0.2) is 0 Å². The van der Waals surface area contributed by atoms with E-state index in [1.807, 2.05) is 115 Å². The smallest absolute Gasteiger partial charge is 0.407 e. The van der Waals surface area contributed by atoms with Gasteiger partial charge in [-0.3, -0.25) is 19.2 Å². The molecule has 9 aromatic rings. The van der Waals surface area contributed by atoms with Gasteiger partial charge in [-0.2, -0.15) is 0 Å². The summed E-state index contributed by atoms with van der Waals surface area (Å²) in [6.45, 7) is 15.2. The number of amides is 4. The zero-order valence-electron chi connectivity index (χ0n) is 77.5. The average molecular weight is 1840 g/mol. The average Bonchev–Trinajstić information content (AvgIpc) is 1.72. The number of benzene rings is 1. The predicted molar refractivity (Wildman–Crippen MR) is 482 cm³/mol. The van der Waals surface area contributed by atoms with E-state index in [9.17, 15) is 58.8 Å². The molecule has 4 amide bonds. The molecule has 40 nitrogen and oxygen atoms in total. The van der Waals surface area contributed by atoms with E-state index in [-0.39, 0.29) is 92.9 Å². The fourth-order valence-corrected chi connectivity index (χ4v) is 16.4. The summed E-state index contributed by atoms with van der Waals surface area (Å²) >= 11 is 0. The number of ether oxygens (including phenoxy) is 8. The number of carboxylic acids is 4. The zero-order chi connectivity index (χ0) is 95.2. The fraction of sp³-hybridized carbons (Fsp3) is 0.548. The van der Waals surface area contributed by atoms with Crippen LogP contribution in [0.15, 0.2) is 78.9 Å². The number of carbonyl (C=O) groups excluding carboxylic acids is 4. The normalized spacial score (nSPS) is 18.7. The number of hydrogen-bond donors (Lipinski definition) is 8. The molecule has 5 saturated carbocycles. The van der Waals surface area contributed by atoms with Crippen molar-refractivity contribution in [3.05, 3.63) is 130 Å². The minimum atomic E-state index is -0.764. The summed E-state index contributed by atoms with van der Waals surface area (Å²) in [5.41, 5.74) is 11.3. The number of carbonyl (C=O) groups is 8. The van der Waals surface area contributed by atoms with E-state index in [2.05, 4.69) is 77.5 Å². The first kappa shape index (κ1) is 100. The third-order valence-corrected chi connectivity index (χ3v) is 23.9. The van der Waals surface area contributed by atoms with E-state index in [1.54, 1.807) is 59.1 Å². The third kappa shape index (κ3) is 29.3. The lowest BCUT2D eigenvalue weighted by atomic mass is 9.87. The Hall–Kier alpha value is -13.5. The monoisotopic (exact) mass is 1840 g/mol.